The van der Waals surface area contributed by atoms with Crippen LogP contribution in [0.5, 0.6) is 5.75 Å². The third kappa shape index (κ3) is 5.05. The van der Waals surface area contributed by atoms with Gasteiger partial charge < -0.3 is 4.74 Å². The van der Waals surface area contributed by atoms with Crippen LogP contribution in [0.25, 0.3) is 11.4 Å². The Bertz CT molecular complexity index is 1580. The van der Waals surface area contributed by atoms with Crippen molar-refractivity contribution in [1.82, 2.24) is 25.6 Å². The minimum atomic E-state index is -0.283. The molecule has 0 saturated heterocycles. The van der Waals surface area contributed by atoms with Crippen LogP contribution in [0.3, 0.4) is 0 Å². The summed E-state index contributed by atoms with van der Waals surface area (Å²) in [5.41, 5.74) is 7.82. The molecule has 1 unspecified atom stereocenters. The molecule has 6 rings (SSSR count). The van der Waals surface area contributed by atoms with E-state index in [1.807, 2.05) is 97.1 Å². The van der Waals surface area contributed by atoms with Crippen LogP contribution in [-0.4, -0.2) is 31.8 Å². The van der Waals surface area contributed by atoms with Crippen molar-refractivity contribution in [2.45, 2.75) is 19.1 Å². The van der Waals surface area contributed by atoms with E-state index < -0.39 is 0 Å². The van der Waals surface area contributed by atoms with E-state index in [1.54, 1.807) is 12.1 Å². The average Bonchev–Trinajstić information content (AvgIpc) is 3.45. The van der Waals surface area contributed by atoms with Gasteiger partial charge in [-0.15, -0.1) is 10.2 Å². The number of hydrogen-bond donors (Lipinski definition) is 1. The molecule has 0 bridgehead atoms. The predicted molar refractivity (Wildman–Crippen MR) is 144 cm³/mol. The molecule has 186 valence electrons. The third-order valence-corrected chi connectivity index (χ3v) is 6.33. The normalized spacial score (nSPS) is 15.5. The molecule has 1 aliphatic rings. The maximum absolute atomic E-state index is 12.9. The molecule has 0 spiro atoms. The summed E-state index contributed by atoms with van der Waals surface area (Å²) in [7, 11) is 0. The minimum Gasteiger partial charge on any atom is -0.485 e. The van der Waals surface area contributed by atoms with Crippen molar-refractivity contribution in [2.24, 2.45) is 5.10 Å². The number of para-hydroxylation sites is 1. The number of ether oxygens (including phenoxy) is 1. The summed E-state index contributed by atoms with van der Waals surface area (Å²) in [6.45, 7) is 0.446. The van der Waals surface area contributed by atoms with E-state index >= 15 is 0 Å². The monoisotopic (exact) mass is 500 g/mol. The molecule has 0 aliphatic carbocycles. The summed E-state index contributed by atoms with van der Waals surface area (Å²) < 4.78 is 6.22. The largest absolute Gasteiger partial charge is 0.485 e. The van der Waals surface area contributed by atoms with Gasteiger partial charge in [-0.1, -0.05) is 84.9 Å². The van der Waals surface area contributed by atoms with Gasteiger partial charge in [0.1, 0.15) is 11.9 Å². The molecule has 0 fully saturated rings. The molecule has 1 amide bonds. The zero-order chi connectivity index (χ0) is 25.7. The molecule has 1 atom stereocenters. The number of fused-ring (bicyclic) bond motifs is 1. The van der Waals surface area contributed by atoms with Crippen molar-refractivity contribution in [1.29, 1.82) is 0 Å². The Labute approximate surface area is 219 Å². The van der Waals surface area contributed by atoms with Crippen LogP contribution in [0.4, 0.5) is 0 Å². The number of hydrogen-bond acceptors (Lipinski definition) is 6. The van der Waals surface area contributed by atoms with Crippen molar-refractivity contribution in [3.63, 3.8) is 0 Å². The molecule has 1 N–H and O–H groups in total. The smallest absolute Gasteiger partial charge is 0.271 e. The molecule has 4 aromatic carbocycles. The Morgan fingerprint density at radius 2 is 1.61 bits per heavy atom. The number of carbonyl (C=O) groups excluding carboxylic acids is 1. The van der Waals surface area contributed by atoms with Gasteiger partial charge in [0.2, 0.25) is 5.82 Å². The molecular weight excluding hydrogens is 476 g/mol. The number of amides is 1. The van der Waals surface area contributed by atoms with Gasteiger partial charge in [0.15, 0.2) is 0 Å². The molecule has 1 aliphatic heterocycles. The molecule has 38 heavy (non-hydrogen) atoms. The van der Waals surface area contributed by atoms with Crippen LogP contribution in [0.15, 0.2) is 114 Å². The number of aromatic nitrogens is 4. The van der Waals surface area contributed by atoms with Gasteiger partial charge in [-0.05, 0) is 40.6 Å². The van der Waals surface area contributed by atoms with Crippen molar-refractivity contribution >= 4 is 11.6 Å². The lowest BCUT2D eigenvalue weighted by molar-refractivity contribution is 0.0954. The van der Waals surface area contributed by atoms with Gasteiger partial charge in [-0.25, -0.2) is 5.43 Å². The van der Waals surface area contributed by atoms with Crippen molar-refractivity contribution < 1.29 is 9.53 Å². The zero-order valence-electron chi connectivity index (χ0n) is 20.4. The van der Waals surface area contributed by atoms with Gasteiger partial charge in [0.25, 0.3) is 5.91 Å². The maximum atomic E-state index is 12.9. The lowest BCUT2D eigenvalue weighted by Gasteiger charge is -2.27. The van der Waals surface area contributed by atoms with Crippen LogP contribution < -0.4 is 10.2 Å². The first-order valence-electron chi connectivity index (χ1n) is 12.3. The van der Waals surface area contributed by atoms with Gasteiger partial charge in [-0.3, -0.25) is 4.79 Å². The number of hydrazone groups is 1. The highest BCUT2D eigenvalue weighted by atomic mass is 16.5. The predicted octanol–water partition coefficient (Wildman–Crippen LogP) is 5.05. The Hall–Kier alpha value is -5.11. The van der Waals surface area contributed by atoms with Crippen molar-refractivity contribution in [3.05, 3.63) is 131 Å². The quantitative estimate of drug-likeness (QED) is 0.330. The Kier molecular flexibility index (Phi) is 6.42. The first kappa shape index (κ1) is 23.3. The number of nitrogens with zero attached hydrogens (tertiary/aromatic N) is 5. The van der Waals surface area contributed by atoms with Gasteiger partial charge in [0, 0.05) is 23.1 Å². The van der Waals surface area contributed by atoms with E-state index in [0.717, 1.165) is 33.7 Å². The van der Waals surface area contributed by atoms with Crippen molar-refractivity contribution in [2.75, 3.05) is 0 Å². The zero-order valence-corrected chi connectivity index (χ0v) is 20.4. The van der Waals surface area contributed by atoms with E-state index in [9.17, 15) is 4.79 Å². The summed E-state index contributed by atoms with van der Waals surface area (Å²) in [6, 6.07) is 34.8. The second kappa shape index (κ2) is 10.5. The van der Waals surface area contributed by atoms with E-state index in [-0.39, 0.29) is 12.0 Å². The fourth-order valence-corrected chi connectivity index (χ4v) is 4.37. The molecule has 8 heteroatoms. The second-order valence-corrected chi connectivity index (χ2v) is 8.92. The molecular formula is C30H24N6O2. The molecule has 1 aromatic heterocycles. The molecule has 0 radical (unpaired) electrons. The number of tetrazole rings is 1. The highest BCUT2D eigenvalue weighted by molar-refractivity contribution is 6.05. The van der Waals surface area contributed by atoms with Crippen LogP contribution in [-0.2, 0) is 6.54 Å². The number of nitrogens with one attached hydrogen (secondary N) is 1. The summed E-state index contributed by atoms with van der Waals surface area (Å²) >= 11 is 0. The highest BCUT2D eigenvalue weighted by Crippen LogP contribution is 2.34. The van der Waals surface area contributed by atoms with Crippen LogP contribution in [0.1, 0.15) is 39.6 Å². The second-order valence-electron chi connectivity index (χ2n) is 8.92. The SMILES string of the molecule is O=C(NN=C1CC(c2ccccc2)Oc2ccccc21)c1ccc(Cn2nnc(-c3ccccc3)n2)cc1. The molecule has 5 aromatic rings. The summed E-state index contributed by atoms with van der Waals surface area (Å²) in [6.07, 6.45) is 0.379. The first-order valence-corrected chi connectivity index (χ1v) is 12.3. The number of rotatable bonds is 6. The third-order valence-electron chi connectivity index (χ3n) is 6.33. The standard InChI is InChI=1S/C30H24N6O2/c37-30(24-17-15-21(16-18-24)20-36-34-29(32-35-36)23-11-5-2-6-12-23)33-31-26-19-28(22-9-3-1-4-10-22)38-27-14-8-7-13-25(26)27/h1-18,28H,19-20H2,(H,33,37). The summed E-state index contributed by atoms with van der Waals surface area (Å²) in [5, 5.41) is 17.2. The topological polar surface area (TPSA) is 94.3 Å². The number of carbonyl (C=O) groups is 1. The van der Waals surface area contributed by atoms with E-state index in [1.165, 1.54) is 4.80 Å². The van der Waals surface area contributed by atoms with Gasteiger partial charge in [-0.2, -0.15) is 9.90 Å². The van der Waals surface area contributed by atoms with Crippen molar-refractivity contribution in [3.8, 4) is 17.1 Å². The average molecular weight is 501 g/mol. The first-order chi connectivity index (χ1) is 18.7. The van der Waals surface area contributed by atoms with Crippen LogP contribution >= 0.6 is 0 Å². The van der Waals surface area contributed by atoms with Crippen LogP contribution in [0.2, 0.25) is 0 Å². The molecule has 0 saturated carbocycles. The van der Waals surface area contributed by atoms with E-state index in [4.69, 9.17) is 4.74 Å². The lowest BCUT2D eigenvalue weighted by Crippen LogP contribution is -2.25. The summed E-state index contributed by atoms with van der Waals surface area (Å²) in [4.78, 5) is 14.4. The minimum absolute atomic E-state index is 0.172. The Morgan fingerprint density at radius 1 is 0.895 bits per heavy atom. The number of benzene rings is 4. The lowest BCUT2D eigenvalue weighted by atomic mass is 9.96. The van der Waals surface area contributed by atoms with E-state index in [0.29, 0.717) is 24.4 Å². The molecule has 8 nitrogen and oxygen atoms in total. The van der Waals surface area contributed by atoms with Gasteiger partial charge >= 0.3 is 0 Å². The molecule has 2 heterocycles. The Balaban J connectivity index is 1.14. The van der Waals surface area contributed by atoms with Gasteiger partial charge in [0.05, 0.1) is 12.3 Å². The fraction of sp³-hybridized carbons (Fsp3) is 0.100. The fourth-order valence-electron chi connectivity index (χ4n) is 4.37. The Morgan fingerprint density at radius 3 is 2.39 bits per heavy atom. The summed E-state index contributed by atoms with van der Waals surface area (Å²) in [5.74, 6) is 1.04. The maximum Gasteiger partial charge on any atom is 0.271 e. The van der Waals surface area contributed by atoms with Crippen LogP contribution in [0, 0.1) is 0 Å². The highest BCUT2D eigenvalue weighted by Gasteiger charge is 2.26. The van der Waals surface area contributed by atoms with E-state index in [2.05, 4.69) is 25.9 Å².